The molecule has 0 bridgehead atoms. The molecule has 0 saturated carbocycles. The third-order valence-corrected chi connectivity index (χ3v) is 5.04. The largest absolute Gasteiger partial charge is 0.362 e. The number of anilines is 2. The summed E-state index contributed by atoms with van der Waals surface area (Å²) in [5.41, 5.74) is 2.63. The van der Waals surface area contributed by atoms with Crippen LogP contribution in [0.4, 0.5) is 15.8 Å². The zero-order valence-electron chi connectivity index (χ0n) is 15.9. The van der Waals surface area contributed by atoms with Crippen molar-refractivity contribution >= 4 is 39.1 Å². The Balaban J connectivity index is 1.77. The summed E-state index contributed by atoms with van der Waals surface area (Å²) in [5, 5.41) is 5.55. The summed E-state index contributed by atoms with van der Waals surface area (Å²) in [6.45, 7) is 4.65. The maximum absolute atomic E-state index is 14.0. The van der Waals surface area contributed by atoms with Crippen LogP contribution >= 0.6 is 15.9 Å². The number of amides is 2. The van der Waals surface area contributed by atoms with E-state index in [0.717, 1.165) is 24.1 Å². The van der Waals surface area contributed by atoms with Crippen molar-refractivity contribution in [3.63, 3.8) is 0 Å². The van der Waals surface area contributed by atoms with Crippen molar-refractivity contribution in [2.45, 2.75) is 32.7 Å². The molecular formula is C21H23BrFN3O2. The van der Waals surface area contributed by atoms with Gasteiger partial charge in [-0.1, -0.05) is 22.0 Å². The van der Waals surface area contributed by atoms with Crippen molar-refractivity contribution in [3.05, 3.63) is 57.8 Å². The quantitative estimate of drug-likeness (QED) is 0.724. The lowest BCUT2D eigenvalue weighted by Crippen LogP contribution is -2.38. The van der Waals surface area contributed by atoms with Crippen molar-refractivity contribution in [1.82, 2.24) is 5.32 Å². The number of fused-ring (bicyclic) bond motifs is 1. The highest BCUT2D eigenvalue weighted by Gasteiger charge is 2.24. The molecule has 0 fully saturated rings. The van der Waals surface area contributed by atoms with Gasteiger partial charge in [-0.25, -0.2) is 4.39 Å². The van der Waals surface area contributed by atoms with Crippen LogP contribution in [0.5, 0.6) is 0 Å². The number of nitrogens with zero attached hydrogens (tertiary/aromatic N) is 1. The smallest absolute Gasteiger partial charge is 0.251 e. The summed E-state index contributed by atoms with van der Waals surface area (Å²) in [5.74, 6) is -0.893. The van der Waals surface area contributed by atoms with E-state index in [-0.39, 0.29) is 30.1 Å². The standard InChI is InChI=1S/C21H23BrFN3O2/c1-13(2)24-21(28)16-5-3-7-19-15(16)6-4-10-26(19)12-20(27)25-18-9-8-14(22)11-17(18)23/h3,5,7-9,11,13H,4,6,10,12H2,1-2H3,(H,24,28)(H,25,27). The Kier molecular flexibility index (Phi) is 6.34. The summed E-state index contributed by atoms with van der Waals surface area (Å²) in [6, 6.07) is 10.1. The maximum atomic E-state index is 14.0. The van der Waals surface area contributed by atoms with Crippen LogP contribution in [-0.4, -0.2) is 30.9 Å². The summed E-state index contributed by atoms with van der Waals surface area (Å²) in [7, 11) is 0. The average Bonchev–Trinajstić information content (AvgIpc) is 2.63. The van der Waals surface area contributed by atoms with E-state index in [1.54, 1.807) is 6.07 Å². The number of benzene rings is 2. The third kappa shape index (κ3) is 4.70. The first kappa shape index (κ1) is 20.3. The number of halogens is 2. The van der Waals surface area contributed by atoms with E-state index >= 15 is 0 Å². The van der Waals surface area contributed by atoms with E-state index in [9.17, 15) is 14.0 Å². The van der Waals surface area contributed by atoms with Gasteiger partial charge in [-0.05, 0) is 62.6 Å². The van der Waals surface area contributed by atoms with Gasteiger partial charge in [0.05, 0.1) is 12.2 Å². The summed E-state index contributed by atoms with van der Waals surface area (Å²) in [6.07, 6.45) is 1.63. The van der Waals surface area contributed by atoms with Crippen molar-refractivity contribution in [2.24, 2.45) is 0 Å². The maximum Gasteiger partial charge on any atom is 0.251 e. The van der Waals surface area contributed by atoms with Gasteiger partial charge in [-0.15, -0.1) is 0 Å². The van der Waals surface area contributed by atoms with Crippen LogP contribution < -0.4 is 15.5 Å². The minimum atomic E-state index is -0.491. The van der Waals surface area contributed by atoms with Crippen LogP contribution in [0.25, 0.3) is 0 Å². The molecule has 0 spiro atoms. The Morgan fingerprint density at radius 3 is 2.75 bits per heavy atom. The van der Waals surface area contributed by atoms with Gasteiger partial charge >= 0.3 is 0 Å². The monoisotopic (exact) mass is 447 g/mol. The number of carbonyl (C=O) groups is 2. The lowest BCUT2D eigenvalue weighted by Gasteiger charge is -2.32. The second-order valence-corrected chi connectivity index (χ2v) is 8.04. The number of hydrogen-bond donors (Lipinski definition) is 2. The van der Waals surface area contributed by atoms with Gasteiger partial charge in [0.2, 0.25) is 5.91 Å². The zero-order chi connectivity index (χ0) is 20.3. The molecule has 148 valence electrons. The molecule has 2 amide bonds. The first-order chi connectivity index (χ1) is 13.3. The summed E-state index contributed by atoms with van der Waals surface area (Å²) >= 11 is 3.20. The van der Waals surface area contributed by atoms with Crippen LogP contribution in [0.1, 0.15) is 36.2 Å². The van der Waals surface area contributed by atoms with Crippen LogP contribution in [0.2, 0.25) is 0 Å². The van der Waals surface area contributed by atoms with Gasteiger partial charge in [-0.3, -0.25) is 9.59 Å². The second-order valence-electron chi connectivity index (χ2n) is 7.13. The van der Waals surface area contributed by atoms with Crippen molar-refractivity contribution in [2.75, 3.05) is 23.3 Å². The van der Waals surface area contributed by atoms with E-state index in [1.807, 2.05) is 36.9 Å². The molecule has 1 aliphatic heterocycles. The second kappa shape index (κ2) is 8.73. The molecule has 7 heteroatoms. The zero-order valence-corrected chi connectivity index (χ0v) is 17.5. The summed E-state index contributed by atoms with van der Waals surface area (Å²) < 4.78 is 14.6. The van der Waals surface area contributed by atoms with Crippen molar-refractivity contribution in [1.29, 1.82) is 0 Å². The van der Waals surface area contributed by atoms with Gasteiger partial charge < -0.3 is 15.5 Å². The first-order valence-corrected chi connectivity index (χ1v) is 10.1. The fraction of sp³-hybridized carbons (Fsp3) is 0.333. The number of nitrogens with one attached hydrogen (secondary N) is 2. The molecule has 5 nitrogen and oxygen atoms in total. The molecule has 28 heavy (non-hydrogen) atoms. The first-order valence-electron chi connectivity index (χ1n) is 9.27. The molecular weight excluding hydrogens is 425 g/mol. The van der Waals surface area contributed by atoms with E-state index in [0.29, 0.717) is 16.6 Å². The van der Waals surface area contributed by atoms with Gasteiger partial charge in [0, 0.05) is 28.3 Å². The Hall–Kier alpha value is -2.41. The van der Waals surface area contributed by atoms with Crippen molar-refractivity contribution < 1.29 is 14.0 Å². The molecule has 1 heterocycles. The predicted molar refractivity (Wildman–Crippen MR) is 112 cm³/mol. The predicted octanol–water partition coefficient (Wildman–Crippen LogP) is 4.12. The SMILES string of the molecule is CC(C)NC(=O)c1cccc2c1CCCN2CC(=O)Nc1ccc(Br)cc1F. The highest BCUT2D eigenvalue weighted by Crippen LogP contribution is 2.30. The minimum absolute atomic E-state index is 0.0506. The summed E-state index contributed by atoms with van der Waals surface area (Å²) in [4.78, 5) is 26.9. The minimum Gasteiger partial charge on any atom is -0.362 e. The molecule has 0 unspecified atom stereocenters. The topological polar surface area (TPSA) is 61.4 Å². The molecule has 2 aromatic rings. The van der Waals surface area contributed by atoms with E-state index in [4.69, 9.17) is 0 Å². The molecule has 0 aliphatic carbocycles. The van der Waals surface area contributed by atoms with Crippen LogP contribution in [0.15, 0.2) is 40.9 Å². The Labute approximate surface area is 172 Å². The third-order valence-electron chi connectivity index (χ3n) is 4.55. The highest BCUT2D eigenvalue weighted by molar-refractivity contribution is 9.10. The number of carbonyl (C=O) groups excluding carboxylic acids is 2. The molecule has 0 saturated heterocycles. The molecule has 3 rings (SSSR count). The van der Waals surface area contributed by atoms with Gasteiger partial charge in [-0.2, -0.15) is 0 Å². The fourth-order valence-electron chi connectivity index (χ4n) is 3.37. The molecule has 0 aromatic heterocycles. The van der Waals surface area contributed by atoms with Crippen LogP contribution in [-0.2, 0) is 11.2 Å². The highest BCUT2D eigenvalue weighted by atomic mass is 79.9. The fourth-order valence-corrected chi connectivity index (χ4v) is 3.70. The van der Waals surface area contributed by atoms with Gasteiger partial charge in [0.1, 0.15) is 5.82 Å². The van der Waals surface area contributed by atoms with Crippen LogP contribution in [0, 0.1) is 5.82 Å². The van der Waals surface area contributed by atoms with Gasteiger partial charge in [0.15, 0.2) is 0 Å². The van der Waals surface area contributed by atoms with Crippen LogP contribution in [0.3, 0.4) is 0 Å². The van der Waals surface area contributed by atoms with Crippen molar-refractivity contribution in [3.8, 4) is 0 Å². The van der Waals surface area contributed by atoms with E-state index in [1.165, 1.54) is 12.1 Å². The Bertz CT molecular complexity index is 901. The Morgan fingerprint density at radius 1 is 1.25 bits per heavy atom. The molecule has 1 aliphatic rings. The van der Waals surface area contributed by atoms with E-state index < -0.39 is 5.82 Å². The Morgan fingerprint density at radius 2 is 2.04 bits per heavy atom. The lowest BCUT2D eigenvalue weighted by atomic mass is 9.95. The molecule has 0 radical (unpaired) electrons. The van der Waals surface area contributed by atoms with Gasteiger partial charge in [0.25, 0.3) is 5.91 Å². The number of hydrogen-bond acceptors (Lipinski definition) is 3. The molecule has 2 N–H and O–H groups in total. The lowest BCUT2D eigenvalue weighted by molar-refractivity contribution is -0.115. The number of rotatable bonds is 5. The average molecular weight is 448 g/mol. The molecule has 2 aromatic carbocycles. The molecule has 0 atom stereocenters. The normalized spacial score (nSPS) is 13.2. The van der Waals surface area contributed by atoms with E-state index in [2.05, 4.69) is 26.6 Å².